The van der Waals surface area contributed by atoms with E-state index in [1.165, 1.54) is 9.80 Å². The summed E-state index contributed by atoms with van der Waals surface area (Å²) in [5, 5.41) is 8.47. The predicted molar refractivity (Wildman–Crippen MR) is 55.7 cm³/mol. The summed E-state index contributed by atoms with van der Waals surface area (Å²) < 4.78 is 0. The summed E-state index contributed by atoms with van der Waals surface area (Å²) in [4.78, 5) is 36.0. The van der Waals surface area contributed by atoms with Crippen molar-refractivity contribution in [1.82, 2.24) is 9.80 Å². The van der Waals surface area contributed by atoms with Gasteiger partial charge in [0.1, 0.15) is 0 Å². The first-order valence-electron chi connectivity index (χ1n) is 5.24. The molecule has 0 aromatic rings. The molecule has 16 heavy (non-hydrogen) atoms. The number of hydrogen-bond donors (Lipinski definition) is 1. The Bertz CT molecular complexity index is 303. The van der Waals surface area contributed by atoms with E-state index in [1.54, 1.807) is 7.05 Å². The number of rotatable bonds is 5. The SMILES string of the molecule is CN(CCC(=O)O)C(=O)CN1CCCC1=O. The number of carbonyl (C=O) groups is 3. The molecule has 0 unspecified atom stereocenters. The fraction of sp³-hybridized carbons (Fsp3) is 0.700. The lowest BCUT2D eigenvalue weighted by Gasteiger charge is -2.20. The van der Waals surface area contributed by atoms with Crippen molar-refractivity contribution in [2.24, 2.45) is 0 Å². The van der Waals surface area contributed by atoms with Gasteiger partial charge in [-0.2, -0.15) is 0 Å². The van der Waals surface area contributed by atoms with Crippen LogP contribution < -0.4 is 0 Å². The minimum absolute atomic E-state index is 0.0000143. The summed E-state index contributed by atoms with van der Waals surface area (Å²) >= 11 is 0. The Kier molecular flexibility index (Phi) is 4.28. The van der Waals surface area contributed by atoms with E-state index in [-0.39, 0.29) is 31.3 Å². The van der Waals surface area contributed by atoms with Gasteiger partial charge in [-0.1, -0.05) is 0 Å². The van der Waals surface area contributed by atoms with Gasteiger partial charge in [0.25, 0.3) is 0 Å². The lowest BCUT2D eigenvalue weighted by Crippen LogP contribution is -2.39. The molecule has 0 aromatic carbocycles. The van der Waals surface area contributed by atoms with Gasteiger partial charge >= 0.3 is 5.97 Å². The molecule has 6 heteroatoms. The van der Waals surface area contributed by atoms with Crippen LogP contribution in [0.3, 0.4) is 0 Å². The third kappa shape index (κ3) is 3.52. The van der Waals surface area contributed by atoms with E-state index in [2.05, 4.69) is 0 Å². The fourth-order valence-electron chi connectivity index (χ4n) is 1.54. The second kappa shape index (κ2) is 5.48. The van der Waals surface area contributed by atoms with E-state index in [0.29, 0.717) is 13.0 Å². The topological polar surface area (TPSA) is 77.9 Å². The zero-order chi connectivity index (χ0) is 12.1. The highest BCUT2D eigenvalue weighted by Crippen LogP contribution is 2.09. The number of aliphatic carboxylic acids is 1. The molecule has 0 saturated carbocycles. The fourth-order valence-corrected chi connectivity index (χ4v) is 1.54. The second-order valence-electron chi connectivity index (χ2n) is 3.88. The Balaban J connectivity index is 2.33. The zero-order valence-corrected chi connectivity index (χ0v) is 9.31. The first-order chi connectivity index (χ1) is 7.50. The molecule has 2 amide bonds. The Hall–Kier alpha value is -1.59. The molecule has 6 nitrogen and oxygen atoms in total. The zero-order valence-electron chi connectivity index (χ0n) is 9.31. The number of amides is 2. The molecule has 90 valence electrons. The van der Waals surface area contributed by atoms with Crippen LogP contribution in [-0.4, -0.2) is 59.4 Å². The minimum Gasteiger partial charge on any atom is -0.481 e. The quantitative estimate of drug-likeness (QED) is 0.690. The average molecular weight is 228 g/mol. The lowest BCUT2D eigenvalue weighted by atomic mass is 10.4. The highest BCUT2D eigenvalue weighted by molar-refractivity contribution is 5.85. The molecule has 0 aromatic heterocycles. The third-order valence-electron chi connectivity index (χ3n) is 2.58. The normalized spacial score (nSPS) is 15.3. The molecule has 1 aliphatic rings. The van der Waals surface area contributed by atoms with E-state index in [0.717, 1.165) is 6.42 Å². The van der Waals surface area contributed by atoms with E-state index in [4.69, 9.17) is 5.11 Å². The lowest BCUT2D eigenvalue weighted by molar-refractivity contribution is -0.140. The molecule has 0 spiro atoms. The molecule has 0 aliphatic carbocycles. The smallest absolute Gasteiger partial charge is 0.305 e. The molecule has 1 rings (SSSR count). The van der Waals surface area contributed by atoms with Crippen LogP contribution in [0.5, 0.6) is 0 Å². The summed E-state index contributed by atoms with van der Waals surface area (Å²) in [6.07, 6.45) is 1.23. The molecule has 1 N–H and O–H groups in total. The van der Waals surface area contributed by atoms with Gasteiger partial charge in [-0.05, 0) is 6.42 Å². The van der Waals surface area contributed by atoms with Gasteiger partial charge in [-0.25, -0.2) is 0 Å². The van der Waals surface area contributed by atoms with E-state index in [9.17, 15) is 14.4 Å². The Morgan fingerprint density at radius 2 is 2.19 bits per heavy atom. The highest BCUT2D eigenvalue weighted by atomic mass is 16.4. The van der Waals surface area contributed by atoms with Gasteiger partial charge in [0.15, 0.2) is 0 Å². The maximum absolute atomic E-state index is 11.6. The molecule has 1 aliphatic heterocycles. The van der Waals surface area contributed by atoms with Crippen molar-refractivity contribution in [3.05, 3.63) is 0 Å². The number of carboxylic acids is 1. The minimum atomic E-state index is -0.933. The maximum Gasteiger partial charge on any atom is 0.305 e. The van der Waals surface area contributed by atoms with Crippen LogP contribution >= 0.6 is 0 Å². The van der Waals surface area contributed by atoms with Crippen molar-refractivity contribution in [3.8, 4) is 0 Å². The van der Waals surface area contributed by atoms with Crippen LogP contribution in [0, 0.1) is 0 Å². The van der Waals surface area contributed by atoms with Crippen LogP contribution in [-0.2, 0) is 14.4 Å². The second-order valence-corrected chi connectivity index (χ2v) is 3.88. The Morgan fingerprint density at radius 1 is 1.50 bits per heavy atom. The van der Waals surface area contributed by atoms with Crippen LogP contribution in [0.15, 0.2) is 0 Å². The van der Waals surface area contributed by atoms with Crippen LogP contribution in [0.25, 0.3) is 0 Å². The van der Waals surface area contributed by atoms with Crippen molar-refractivity contribution in [2.45, 2.75) is 19.3 Å². The maximum atomic E-state index is 11.6. The Morgan fingerprint density at radius 3 is 2.69 bits per heavy atom. The summed E-state index contributed by atoms with van der Waals surface area (Å²) in [6.45, 7) is 0.864. The molecule has 0 bridgehead atoms. The summed E-state index contributed by atoms with van der Waals surface area (Å²) in [7, 11) is 1.55. The monoisotopic (exact) mass is 228 g/mol. The van der Waals surface area contributed by atoms with Gasteiger partial charge in [0.05, 0.1) is 13.0 Å². The van der Waals surface area contributed by atoms with Crippen LogP contribution in [0.4, 0.5) is 0 Å². The standard InChI is InChI=1S/C10H16N2O4/c1-11(6-4-10(15)16)9(14)7-12-5-2-3-8(12)13/h2-7H2,1H3,(H,15,16). The molecule has 0 atom stereocenters. The van der Waals surface area contributed by atoms with Crippen molar-refractivity contribution in [3.63, 3.8) is 0 Å². The van der Waals surface area contributed by atoms with Crippen molar-refractivity contribution >= 4 is 17.8 Å². The molecule has 1 saturated heterocycles. The first kappa shape index (κ1) is 12.5. The van der Waals surface area contributed by atoms with Gasteiger partial charge in [-0.15, -0.1) is 0 Å². The Labute approximate surface area is 93.8 Å². The molecule has 1 heterocycles. The number of hydrogen-bond acceptors (Lipinski definition) is 3. The summed E-state index contributed by atoms with van der Waals surface area (Å²) in [5.74, 6) is -1.15. The van der Waals surface area contributed by atoms with Crippen molar-refractivity contribution < 1.29 is 19.5 Å². The predicted octanol–water partition coefficient (Wildman–Crippen LogP) is -0.458. The number of nitrogens with zero attached hydrogens (tertiary/aromatic N) is 2. The van der Waals surface area contributed by atoms with E-state index >= 15 is 0 Å². The molecular formula is C10H16N2O4. The van der Waals surface area contributed by atoms with Gasteiger partial charge in [0.2, 0.25) is 11.8 Å². The average Bonchev–Trinajstić information content (AvgIpc) is 2.60. The van der Waals surface area contributed by atoms with Gasteiger partial charge < -0.3 is 14.9 Å². The first-order valence-corrected chi connectivity index (χ1v) is 5.24. The molecule has 1 fully saturated rings. The summed E-state index contributed by atoms with van der Waals surface area (Å²) in [5.41, 5.74) is 0. The van der Waals surface area contributed by atoms with E-state index < -0.39 is 5.97 Å². The van der Waals surface area contributed by atoms with Crippen molar-refractivity contribution in [1.29, 1.82) is 0 Å². The molecular weight excluding hydrogens is 212 g/mol. The number of carboxylic acid groups (broad SMARTS) is 1. The van der Waals surface area contributed by atoms with E-state index in [1.807, 2.05) is 0 Å². The third-order valence-corrected chi connectivity index (χ3v) is 2.58. The number of likely N-dealkylation sites (tertiary alicyclic amines) is 1. The van der Waals surface area contributed by atoms with Gasteiger partial charge in [-0.3, -0.25) is 14.4 Å². The summed E-state index contributed by atoms with van der Waals surface area (Å²) in [6, 6.07) is 0. The van der Waals surface area contributed by atoms with Crippen LogP contribution in [0.2, 0.25) is 0 Å². The highest BCUT2D eigenvalue weighted by Gasteiger charge is 2.23. The molecule has 0 radical (unpaired) electrons. The van der Waals surface area contributed by atoms with Crippen molar-refractivity contribution in [2.75, 3.05) is 26.7 Å². The largest absolute Gasteiger partial charge is 0.481 e. The van der Waals surface area contributed by atoms with Gasteiger partial charge in [0, 0.05) is 26.6 Å². The number of likely N-dealkylation sites (N-methyl/N-ethyl adjacent to an activating group) is 1. The number of carbonyl (C=O) groups excluding carboxylic acids is 2. The van der Waals surface area contributed by atoms with Crippen LogP contribution in [0.1, 0.15) is 19.3 Å².